The maximum absolute atomic E-state index is 8.25. The standard InChI is InChI=1S/2CH2O2.Bi/c2*2-1-3;/h2*1H,(H,2,3);/q;;+2/p-2. The summed E-state index contributed by atoms with van der Waals surface area (Å²) in [4.78, 5) is 16.5. The van der Waals surface area contributed by atoms with Crippen molar-refractivity contribution >= 4 is 39.1 Å². The summed E-state index contributed by atoms with van der Waals surface area (Å²) >= 11 is 0. The molecule has 0 saturated heterocycles. The largest absolute Gasteiger partial charge is 2.00 e. The number of hydrogen-bond acceptors (Lipinski definition) is 4. The van der Waals surface area contributed by atoms with E-state index in [0.717, 1.165) is 0 Å². The molecule has 0 rings (SSSR count). The summed E-state index contributed by atoms with van der Waals surface area (Å²) in [6.45, 7) is -1.00. The Bertz CT molecular complexity index is 30.7. The molecule has 0 atom stereocenters. The SMILES string of the molecule is O=C[O-].O=C[O-].[Bi+2]. The Kier molecular flexibility index (Phi) is 92.2. The van der Waals surface area contributed by atoms with Crippen LogP contribution in [0.5, 0.6) is 0 Å². The Labute approximate surface area is 59.3 Å². The summed E-state index contributed by atoms with van der Waals surface area (Å²) in [6, 6.07) is 0. The van der Waals surface area contributed by atoms with Gasteiger partial charge in [-0.15, -0.1) is 0 Å². The molecule has 5 heteroatoms. The molecule has 0 saturated carbocycles. The van der Waals surface area contributed by atoms with Crippen LogP contribution in [0.15, 0.2) is 0 Å². The van der Waals surface area contributed by atoms with Gasteiger partial charge in [0.15, 0.2) is 0 Å². The van der Waals surface area contributed by atoms with Crippen molar-refractivity contribution in [3.63, 3.8) is 0 Å². The molecule has 0 fully saturated rings. The monoisotopic (exact) mass is 299 g/mol. The maximum Gasteiger partial charge on any atom is 2.00 e. The van der Waals surface area contributed by atoms with Crippen LogP contribution in [0, 0.1) is 0 Å². The van der Waals surface area contributed by atoms with Crippen LogP contribution in [-0.4, -0.2) is 39.1 Å². The van der Waals surface area contributed by atoms with Crippen LogP contribution in [0.2, 0.25) is 0 Å². The second-order valence-corrected chi connectivity index (χ2v) is 0.192. The van der Waals surface area contributed by atoms with E-state index in [1.807, 2.05) is 0 Å². The molecule has 0 aromatic carbocycles. The van der Waals surface area contributed by atoms with Crippen molar-refractivity contribution in [3.05, 3.63) is 0 Å². The molecular weight excluding hydrogens is 297 g/mol. The quantitative estimate of drug-likeness (QED) is 0.341. The van der Waals surface area contributed by atoms with Crippen LogP contribution in [0.1, 0.15) is 0 Å². The van der Waals surface area contributed by atoms with Gasteiger partial charge in [0.2, 0.25) is 0 Å². The zero-order chi connectivity index (χ0) is 5.41. The first-order chi connectivity index (χ1) is 2.83. The van der Waals surface area contributed by atoms with Gasteiger partial charge < -0.3 is 19.8 Å². The van der Waals surface area contributed by atoms with Crippen molar-refractivity contribution in [2.24, 2.45) is 0 Å². The first-order valence-corrected chi connectivity index (χ1v) is 0.943. The van der Waals surface area contributed by atoms with Crippen molar-refractivity contribution in [2.75, 3.05) is 0 Å². The van der Waals surface area contributed by atoms with E-state index in [4.69, 9.17) is 19.8 Å². The van der Waals surface area contributed by atoms with Gasteiger partial charge in [-0.2, -0.15) is 0 Å². The molecular formula is C2H2BiO4. The maximum atomic E-state index is 8.25. The van der Waals surface area contributed by atoms with E-state index in [-0.39, 0.29) is 26.2 Å². The van der Waals surface area contributed by atoms with Crippen LogP contribution < -0.4 is 10.2 Å². The molecule has 0 aliphatic carbocycles. The summed E-state index contributed by atoms with van der Waals surface area (Å²) < 4.78 is 0. The molecule has 0 N–H and O–H groups in total. The number of carbonyl (C=O) groups is 2. The van der Waals surface area contributed by atoms with Gasteiger partial charge in [-0.25, -0.2) is 0 Å². The van der Waals surface area contributed by atoms with E-state index < -0.39 is 12.9 Å². The number of hydrogen-bond donors (Lipinski definition) is 0. The predicted molar refractivity (Wildman–Crippen MR) is 17.9 cm³/mol. The van der Waals surface area contributed by atoms with E-state index in [9.17, 15) is 0 Å². The minimum atomic E-state index is -0.500. The van der Waals surface area contributed by atoms with Crippen LogP contribution in [0.25, 0.3) is 0 Å². The molecule has 39 valence electrons. The fourth-order valence-electron chi connectivity index (χ4n) is 0. The molecule has 3 radical (unpaired) electrons. The summed E-state index contributed by atoms with van der Waals surface area (Å²) in [5.41, 5.74) is 0. The average molecular weight is 299 g/mol. The van der Waals surface area contributed by atoms with Crippen molar-refractivity contribution in [3.8, 4) is 0 Å². The van der Waals surface area contributed by atoms with E-state index in [0.29, 0.717) is 0 Å². The van der Waals surface area contributed by atoms with Gasteiger partial charge in [-0.3, -0.25) is 0 Å². The van der Waals surface area contributed by atoms with Crippen molar-refractivity contribution in [1.29, 1.82) is 0 Å². The Morgan fingerprint density at radius 2 is 1.00 bits per heavy atom. The molecule has 0 aliphatic heterocycles. The van der Waals surface area contributed by atoms with Gasteiger partial charge in [0, 0.05) is 12.9 Å². The fraction of sp³-hybridized carbons (Fsp3) is 0. The minimum Gasteiger partial charge on any atom is -0.554 e. The molecule has 0 unspecified atom stereocenters. The third kappa shape index (κ3) is 2720. The molecule has 0 bridgehead atoms. The van der Waals surface area contributed by atoms with Gasteiger partial charge in [0.1, 0.15) is 0 Å². The number of rotatable bonds is 0. The van der Waals surface area contributed by atoms with Crippen LogP contribution in [0.4, 0.5) is 0 Å². The van der Waals surface area contributed by atoms with Gasteiger partial charge >= 0.3 is 26.2 Å². The summed E-state index contributed by atoms with van der Waals surface area (Å²) in [7, 11) is 0. The number of carboxylic acid groups (broad SMARTS) is 2. The van der Waals surface area contributed by atoms with Crippen molar-refractivity contribution in [2.45, 2.75) is 0 Å². The first kappa shape index (κ1) is 15.8. The van der Waals surface area contributed by atoms with E-state index in [1.54, 1.807) is 0 Å². The third-order valence-electron chi connectivity index (χ3n) is 0. The summed E-state index contributed by atoms with van der Waals surface area (Å²) in [5, 5.41) is 16.5. The molecule has 7 heavy (non-hydrogen) atoms. The minimum absolute atomic E-state index is 0. The van der Waals surface area contributed by atoms with Gasteiger partial charge in [-0.05, 0) is 0 Å². The average Bonchev–Trinajstić information content (AvgIpc) is 1.39. The smallest absolute Gasteiger partial charge is 0.554 e. The van der Waals surface area contributed by atoms with Crippen LogP contribution in [-0.2, 0) is 9.59 Å². The molecule has 0 aromatic heterocycles. The predicted octanol–water partition coefficient (Wildman–Crippen LogP) is -3.65. The Balaban J connectivity index is -0.0000000400. The molecule has 0 aliphatic rings. The zero-order valence-electron chi connectivity index (χ0n) is 3.23. The normalized spacial score (nSPS) is 3.43. The molecule has 0 spiro atoms. The summed E-state index contributed by atoms with van der Waals surface area (Å²) in [6.07, 6.45) is 0. The fourth-order valence-corrected chi connectivity index (χ4v) is 0. The topological polar surface area (TPSA) is 80.3 Å². The van der Waals surface area contributed by atoms with Gasteiger partial charge in [-0.1, -0.05) is 0 Å². The Hall–Kier alpha value is -0.177. The molecule has 4 nitrogen and oxygen atoms in total. The number of carbonyl (C=O) groups excluding carboxylic acids is 2. The van der Waals surface area contributed by atoms with E-state index >= 15 is 0 Å². The van der Waals surface area contributed by atoms with Gasteiger partial charge in [0.25, 0.3) is 0 Å². The van der Waals surface area contributed by atoms with Crippen molar-refractivity contribution < 1.29 is 19.8 Å². The van der Waals surface area contributed by atoms with Crippen LogP contribution >= 0.6 is 0 Å². The second kappa shape index (κ2) is 40.8. The van der Waals surface area contributed by atoms with Crippen LogP contribution in [0.3, 0.4) is 0 Å². The Morgan fingerprint density at radius 1 is 1.00 bits per heavy atom. The van der Waals surface area contributed by atoms with Gasteiger partial charge in [0.05, 0.1) is 0 Å². The van der Waals surface area contributed by atoms with E-state index in [2.05, 4.69) is 0 Å². The molecule has 0 heterocycles. The second-order valence-electron chi connectivity index (χ2n) is 0.192. The molecule has 0 aromatic rings. The van der Waals surface area contributed by atoms with E-state index in [1.165, 1.54) is 0 Å². The summed E-state index contributed by atoms with van der Waals surface area (Å²) in [5.74, 6) is 0. The third-order valence-corrected chi connectivity index (χ3v) is 0. The Morgan fingerprint density at radius 3 is 1.00 bits per heavy atom. The zero-order valence-corrected chi connectivity index (χ0v) is 6.71. The first-order valence-electron chi connectivity index (χ1n) is 0.943. The molecule has 0 amide bonds. The van der Waals surface area contributed by atoms with Crippen molar-refractivity contribution in [1.82, 2.24) is 0 Å².